The maximum atomic E-state index is 4.94. The van der Waals surface area contributed by atoms with Crippen LogP contribution in [-0.2, 0) is 6.42 Å². The lowest BCUT2D eigenvalue weighted by Crippen LogP contribution is -1.95. The van der Waals surface area contributed by atoms with E-state index in [1.807, 2.05) is 30.9 Å². The molecule has 4 heterocycles. The first kappa shape index (κ1) is 14.3. The predicted molar refractivity (Wildman–Crippen MR) is 112 cm³/mol. The van der Waals surface area contributed by atoms with Crippen LogP contribution in [0.2, 0.25) is 0 Å². The molecule has 1 aliphatic rings. The van der Waals surface area contributed by atoms with Gasteiger partial charge in [0.25, 0.3) is 0 Å². The van der Waals surface area contributed by atoms with E-state index < -0.39 is 0 Å². The van der Waals surface area contributed by atoms with E-state index in [1.165, 1.54) is 38.4 Å². The lowest BCUT2D eigenvalue weighted by Gasteiger charge is -2.12. The molecule has 0 saturated carbocycles. The van der Waals surface area contributed by atoms with Crippen molar-refractivity contribution >= 4 is 38.4 Å². The van der Waals surface area contributed by atoms with Crippen LogP contribution in [-0.4, -0.2) is 19.4 Å². The zero-order chi connectivity index (χ0) is 18.2. The van der Waals surface area contributed by atoms with Crippen molar-refractivity contribution in [2.75, 3.05) is 0 Å². The SMILES string of the molecule is c1ccc2c(c1)Cc1c-2ccc2c1c1ccncc1n1c3ccncc3nc21. The third kappa shape index (κ3) is 1.63. The second-order valence-electron chi connectivity index (χ2n) is 7.38. The van der Waals surface area contributed by atoms with Gasteiger partial charge < -0.3 is 0 Å². The minimum absolute atomic E-state index is 0.906. The average molecular weight is 358 g/mol. The molecule has 0 atom stereocenters. The van der Waals surface area contributed by atoms with Crippen LogP contribution in [0.25, 0.3) is 49.5 Å². The summed E-state index contributed by atoms with van der Waals surface area (Å²) in [6.07, 6.45) is 8.45. The lowest BCUT2D eigenvalue weighted by molar-refractivity contribution is 1.25. The van der Waals surface area contributed by atoms with Gasteiger partial charge in [0.2, 0.25) is 0 Å². The maximum absolute atomic E-state index is 4.94. The molecule has 4 nitrogen and oxygen atoms in total. The van der Waals surface area contributed by atoms with Crippen LogP contribution in [0.15, 0.2) is 73.3 Å². The standard InChI is InChI=1S/C24H14N4/c1-2-4-15-14(3-1)11-19-16(15)5-6-18-23(19)17-7-9-26-13-22(17)28-21-8-10-25-12-20(21)27-24(18)28/h1-10,12-13H,11H2. The number of hydrogen-bond donors (Lipinski definition) is 0. The highest BCUT2D eigenvalue weighted by molar-refractivity contribution is 6.17. The molecule has 0 unspecified atom stereocenters. The quantitative estimate of drug-likeness (QED) is 0.352. The minimum Gasteiger partial charge on any atom is -0.290 e. The van der Waals surface area contributed by atoms with Crippen LogP contribution in [0.5, 0.6) is 0 Å². The summed E-state index contributed by atoms with van der Waals surface area (Å²) in [5.74, 6) is 0. The van der Waals surface area contributed by atoms with Gasteiger partial charge in [0.15, 0.2) is 0 Å². The number of hydrogen-bond acceptors (Lipinski definition) is 3. The van der Waals surface area contributed by atoms with Gasteiger partial charge in [0.05, 0.1) is 23.4 Å². The topological polar surface area (TPSA) is 43.1 Å². The average Bonchev–Trinajstić information content (AvgIpc) is 3.32. The number of nitrogens with zero attached hydrogens (tertiary/aromatic N) is 4. The highest BCUT2D eigenvalue weighted by Gasteiger charge is 2.23. The van der Waals surface area contributed by atoms with E-state index >= 15 is 0 Å². The number of pyridine rings is 3. The Labute approximate surface area is 160 Å². The van der Waals surface area contributed by atoms with E-state index in [2.05, 4.69) is 56.8 Å². The van der Waals surface area contributed by atoms with E-state index in [9.17, 15) is 0 Å². The molecule has 0 bridgehead atoms. The molecule has 0 amide bonds. The Hall–Kier alpha value is -3.79. The molecule has 1 aliphatic carbocycles. The number of imidazole rings is 1. The van der Waals surface area contributed by atoms with E-state index in [1.54, 1.807) is 0 Å². The summed E-state index contributed by atoms with van der Waals surface area (Å²) in [5, 5.41) is 3.70. The van der Waals surface area contributed by atoms with Gasteiger partial charge in [-0.3, -0.25) is 14.4 Å². The Bertz CT molecular complexity index is 1590. The summed E-state index contributed by atoms with van der Waals surface area (Å²) < 4.78 is 2.22. The molecular formula is C24H14N4. The van der Waals surface area contributed by atoms with Crippen LogP contribution in [0.3, 0.4) is 0 Å². The van der Waals surface area contributed by atoms with Crippen LogP contribution in [0.1, 0.15) is 11.1 Å². The molecule has 0 aliphatic heterocycles. The molecule has 4 heteroatoms. The molecular weight excluding hydrogens is 344 g/mol. The first-order valence-corrected chi connectivity index (χ1v) is 9.42. The smallest absolute Gasteiger partial charge is 0.146 e. The lowest BCUT2D eigenvalue weighted by atomic mass is 9.97. The normalized spacial score (nSPS) is 12.9. The van der Waals surface area contributed by atoms with E-state index in [0.29, 0.717) is 0 Å². The third-order valence-electron chi connectivity index (χ3n) is 6.00. The molecule has 0 saturated heterocycles. The van der Waals surface area contributed by atoms with Crippen molar-refractivity contribution in [2.45, 2.75) is 6.42 Å². The van der Waals surface area contributed by atoms with Gasteiger partial charge in [-0.15, -0.1) is 0 Å². The first-order valence-electron chi connectivity index (χ1n) is 9.42. The Morgan fingerprint density at radius 2 is 1.64 bits per heavy atom. The maximum Gasteiger partial charge on any atom is 0.146 e. The van der Waals surface area contributed by atoms with E-state index in [0.717, 1.165) is 28.6 Å². The zero-order valence-electron chi connectivity index (χ0n) is 14.9. The number of rotatable bonds is 0. The summed E-state index contributed by atoms with van der Waals surface area (Å²) in [4.78, 5) is 13.6. The molecule has 7 rings (SSSR count). The molecule has 130 valence electrons. The second kappa shape index (κ2) is 4.93. The highest BCUT2D eigenvalue weighted by atomic mass is 15.0. The summed E-state index contributed by atoms with van der Waals surface area (Å²) >= 11 is 0. The number of benzene rings is 2. The molecule has 0 fully saturated rings. The van der Waals surface area contributed by atoms with Crippen LogP contribution in [0, 0.1) is 0 Å². The molecule has 6 aromatic rings. The monoisotopic (exact) mass is 358 g/mol. The van der Waals surface area contributed by atoms with Crippen molar-refractivity contribution in [3.8, 4) is 11.1 Å². The van der Waals surface area contributed by atoms with Gasteiger partial charge in [-0.05, 0) is 52.3 Å². The Kier molecular flexibility index (Phi) is 2.51. The highest BCUT2D eigenvalue weighted by Crippen LogP contribution is 2.43. The molecule has 0 spiro atoms. The molecule has 0 radical (unpaired) electrons. The van der Waals surface area contributed by atoms with Crippen molar-refractivity contribution in [1.29, 1.82) is 0 Å². The Morgan fingerprint density at radius 3 is 2.64 bits per heavy atom. The van der Waals surface area contributed by atoms with Crippen LogP contribution >= 0.6 is 0 Å². The van der Waals surface area contributed by atoms with Crippen molar-refractivity contribution in [3.05, 3.63) is 84.4 Å². The van der Waals surface area contributed by atoms with E-state index in [-0.39, 0.29) is 0 Å². The third-order valence-corrected chi connectivity index (χ3v) is 6.00. The molecule has 0 N–H and O–H groups in total. The van der Waals surface area contributed by atoms with Gasteiger partial charge in [0, 0.05) is 23.2 Å². The molecule has 2 aromatic carbocycles. The van der Waals surface area contributed by atoms with Crippen LogP contribution in [0.4, 0.5) is 0 Å². The summed E-state index contributed by atoms with van der Waals surface area (Å²) in [6, 6.07) is 17.4. The molecule has 4 aromatic heterocycles. The zero-order valence-corrected chi connectivity index (χ0v) is 14.9. The minimum atomic E-state index is 0.906. The van der Waals surface area contributed by atoms with Gasteiger partial charge >= 0.3 is 0 Å². The summed E-state index contributed by atoms with van der Waals surface area (Å²) in [7, 11) is 0. The van der Waals surface area contributed by atoms with Crippen LogP contribution < -0.4 is 0 Å². The van der Waals surface area contributed by atoms with Gasteiger partial charge in [-0.25, -0.2) is 4.98 Å². The number of fused-ring (bicyclic) bond motifs is 12. The number of aromatic nitrogens is 4. The Balaban J connectivity index is 1.77. The summed E-state index contributed by atoms with van der Waals surface area (Å²) in [6.45, 7) is 0. The fraction of sp³-hybridized carbons (Fsp3) is 0.0417. The summed E-state index contributed by atoms with van der Waals surface area (Å²) in [5.41, 5.74) is 9.49. The largest absolute Gasteiger partial charge is 0.290 e. The Morgan fingerprint density at radius 1 is 0.750 bits per heavy atom. The molecule has 28 heavy (non-hydrogen) atoms. The van der Waals surface area contributed by atoms with Gasteiger partial charge in [0.1, 0.15) is 11.2 Å². The van der Waals surface area contributed by atoms with Crippen molar-refractivity contribution < 1.29 is 0 Å². The van der Waals surface area contributed by atoms with E-state index in [4.69, 9.17) is 4.98 Å². The van der Waals surface area contributed by atoms with Crippen molar-refractivity contribution in [2.24, 2.45) is 0 Å². The fourth-order valence-electron chi connectivity index (χ4n) is 4.84. The van der Waals surface area contributed by atoms with Crippen molar-refractivity contribution in [3.63, 3.8) is 0 Å². The first-order chi connectivity index (χ1) is 13.9. The predicted octanol–water partition coefficient (Wildman–Crippen LogP) is 5.16. The van der Waals surface area contributed by atoms with Crippen molar-refractivity contribution in [1.82, 2.24) is 19.4 Å². The second-order valence-corrected chi connectivity index (χ2v) is 7.38. The van der Waals surface area contributed by atoms with Gasteiger partial charge in [-0.2, -0.15) is 0 Å². The fourth-order valence-corrected chi connectivity index (χ4v) is 4.84. The van der Waals surface area contributed by atoms with Gasteiger partial charge in [-0.1, -0.05) is 30.3 Å².